The summed E-state index contributed by atoms with van der Waals surface area (Å²) in [5.74, 6) is 0.506. The van der Waals surface area contributed by atoms with Crippen LogP contribution in [0.5, 0.6) is 0 Å². The van der Waals surface area contributed by atoms with Crippen molar-refractivity contribution >= 4 is 23.3 Å². The molecule has 0 saturated carbocycles. The van der Waals surface area contributed by atoms with Gasteiger partial charge in [-0.1, -0.05) is 11.6 Å². The standard InChI is InChI=1S/C14H20ClN3O2/c1-14(20)4-3-6-18(7-5-14)13(19)10-8-12(16-2)17-9-11(10)15/h8-9,20H,3-7H2,1-2H3,(H,16,17). The fourth-order valence-electron chi connectivity index (χ4n) is 2.38. The number of hydrogen-bond acceptors (Lipinski definition) is 4. The molecule has 0 aliphatic carbocycles. The van der Waals surface area contributed by atoms with Crippen LogP contribution in [0.3, 0.4) is 0 Å². The quantitative estimate of drug-likeness (QED) is 0.878. The monoisotopic (exact) mass is 297 g/mol. The Hall–Kier alpha value is -1.33. The number of anilines is 1. The van der Waals surface area contributed by atoms with Crippen LogP contribution in [0, 0.1) is 0 Å². The third kappa shape index (κ3) is 3.41. The highest BCUT2D eigenvalue weighted by molar-refractivity contribution is 6.33. The van der Waals surface area contributed by atoms with Crippen LogP contribution in [0.4, 0.5) is 5.82 Å². The zero-order valence-electron chi connectivity index (χ0n) is 11.8. The van der Waals surface area contributed by atoms with Gasteiger partial charge >= 0.3 is 0 Å². The molecule has 1 aliphatic heterocycles. The number of carbonyl (C=O) groups excluding carboxylic acids is 1. The lowest BCUT2D eigenvalue weighted by Crippen LogP contribution is -2.33. The number of nitrogens with one attached hydrogen (secondary N) is 1. The predicted molar refractivity (Wildman–Crippen MR) is 79.2 cm³/mol. The largest absolute Gasteiger partial charge is 0.390 e. The molecule has 110 valence electrons. The first-order valence-electron chi connectivity index (χ1n) is 6.78. The number of carbonyl (C=O) groups is 1. The molecule has 20 heavy (non-hydrogen) atoms. The van der Waals surface area contributed by atoms with E-state index in [0.717, 1.165) is 6.42 Å². The van der Waals surface area contributed by atoms with Crippen molar-refractivity contribution in [2.75, 3.05) is 25.5 Å². The zero-order valence-corrected chi connectivity index (χ0v) is 12.6. The minimum absolute atomic E-state index is 0.105. The second kappa shape index (κ2) is 5.97. The SMILES string of the molecule is CNc1cc(C(=O)N2CCCC(C)(O)CC2)c(Cl)cn1. The van der Waals surface area contributed by atoms with Gasteiger partial charge in [-0.2, -0.15) is 0 Å². The number of aliphatic hydroxyl groups is 1. The van der Waals surface area contributed by atoms with E-state index in [0.29, 0.717) is 42.3 Å². The number of amides is 1. The number of nitrogens with zero attached hydrogens (tertiary/aromatic N) is 2. The second-order valence-electron chi connectivity index (χ2n) is 5.44. The average Bonchev–Trinajstić information content (AvgIpc) is 2.59. The maximum atomic E-state index is 12.6. The molecule has 1 amide bonds. The molecule has 1 atom stereocenters. The molecule has 1 aromatic heterocycles. The number of likely N-dealkylation sites (tertiary alicyclic amines) is 1. The Morgan fingerprint density at radius 1 is 1.50 bits per heavy atom. The summed E-state index contributed by atoms with van der Waals surface area (Å²) in [4.78, 5) is 18.4. The van der Waals surface area contributed by atoms with E-state index in [4.69, 9.17) is 11.6 Å². The first-order valence-corrected chi connectivity index (χ1v) is 7.16. The van der Waals surface area contributed by atoms with E-state index in [1.54, 1.807) is 18.0 Å². The van der Waals surface area contributed by atoms with Gasteiger partial charge < -0.3 is 15.3 Å². The fraction of sp³-hybridized carbons (Fsp3) is 0.571. The van der Waals surface area contributed by atoms with Crippen molar-refractivity contribution in [1.29, 1.82) is 0 Å². The van der Waals surface area contributed by atoms with Gasteiger partial charge in [-0.05, 0) is 32.3 Å². The molecule has 1 aliphatic rings. The minimum atomic E-state index is -0.687. The van der Waals surface area contributed by atoms with Crippen molar-refractivity contribution < 1.29 is 9.90 Å². The van der Waals surface area contributed by atoms with E-state index in [-0.39, 0.29) is 5.91 Å². The molecule has 1 fully saturated rings. The topological polar surface area (TPSA) is 65.5 Å². The van der Waals surface area contributed by atoms with Crippen molar-refractivity contribution in [3.63, 3.8) is 0 Å². The van der Waals surface area contributed by atoms with Crippen LogP contribution in [0.25, 0.3) is 0 Å². The van der Waals surface area contributed by atoms with Crippen molar-refractivity contribution in [2.45, 2.75) is 31.8 Å². The van der Waals surface area contributed by atoms with Crippen LogP contribution in [0.15, 0.2) is 12.3 Å². The molecule has 0 aromatic carbocycles. The molecule has 6 heteroatoms. The van der Waals surface area contributed by atoms with E-state index >= 15 is 0 Å². The first-order chi connectivity index (χ1) is 9.43. The summed E-state index contributed by atoms with van der Waals surface area (Å²) in [6.45, 7) is 3.00. The van der Waals surface area contributed by atoms with Crippen LogP contribution in [-0.4, -0.2) is 46.6 Å². The zero-order chi connectivity index (χ0) is 14.8. The maximum Gasteiger partial charge on any atom is 0.255 e. The van der Waals surface area contributed by atoms with Crippen molar-refractivity contribution in [3.8, 4) is 0 Å². The number of aromatic nitrogens is 1. The molecule has 2 rings (SSSR count). The van der Waals surface area contributed by atoms with E-state index in [1.807, 2.05) is 6.92 Å². The smallest absolute Gasteiger partial charge is 0.255 e. The lowest BCUT2D eigenvalue weighted by atomic mass is 9.98. The Labute approximate surface area is 123 Å². The Morgan fingerprint density at radius 3 is 2.95 bits per heavy atom. The molecular weight excluding hydrogens is 278 g/mol. The van der Waals surface area contributed by atoms with Gasteiger partial charge in [0.25, 0.3) is 5.91 Å². The Morgan fingerprint density at radius 2 is 2.25 bits per heavy atom. The second-order valence-corrected chi connectivity index (χ2v) is 5.85. The van der Waals surface area contributed by atoms with Gasteiger partial charge in [-0.25, -0.2) is 4.98 Å². The molecule has 0 radical (unpaired) electrons. The predicted octanol–water partition coefficient (Wildman–Crippen LogP) is 2.15. The molecule has 2 heterocycles. The summed E-state index contributed by atoms with van der Waals surface area (Å²) in [7, 11) is 1.74. The van der Waals surface area contributed by atoms with Crippen LogP contribution in [-0.2, 0) is 0 Å². The third-order valence-corrected chi connectivity index (χ3v) is 3.99. The van der Waals surface area contributed by atoms with E-state index in [9.17, 15) is 9.90 Å². The Bertz CT molecular complexity index is 505. The van der Waals surface area contributed by atoms with Crippen molar-refractivity contribution in [3.05, 3.63) is 22.8 Å². The summed E-state index contributed by atoms with van der Waals surface area (Å²) in [6.07, 6.45) is 3.57. The average molecular weight is 298 g/mol. The number of rotatable bonds is 2. The molecule has 1 unspecified atom stereocenters. The molecule has 2 N–H and O–H groups in total. The summed E-state index contributed by atoms with van der Waals surface area (Å²) in [5, 5.41) is 13.3. The molecule has 1 saturated heterocycles. The van der Waals surface area contributed by atoms with Crippen LogP contribution in [0.2, 0.25) is 5.02 Å². The van der Waals surface area contributed by atoms with Crippen molar-refractivity contribution in [2.24, 2.45) is 0 Å². The summed E-state index contributed by atoms with van der Waals surface area (Å²) in [6, 6.07) is 1.66. The fourth-order valence-corrected chi connectivity index (χ4v) is 2.56. The highest BCUT2D eigenvalue weighted by Gasteiger charge is 2.28. The first kappa shape index (κ1) is 15.1. The lowest BCUT2D eigenvalue weighted by molar-refractivity contribution is 0.0438. The molecule has 5 nitrogen and oxygen atoms in total. The Kier molecular flexibility index (Phi) is 4.50. The van der Waals surface area contributed by atoms with E-state index in [2.05, 4.69) is 10.3 Å². The maximum absolute atomic E-state index is 12.6. The summed E-state index contributed by atoms with van der Waals surface area (Å²) >= 11 is 6.08. The van der Waals surface area contributed by atoms with Crippen LogP contribution < -0.4 is 5.32 Å². The van der Waals surface area contributed by atoms with Gasteiger partial charge in [0.05, 0.1) is 16.2 Å². The summed E-state index contributed by atoms with van der Waals surface area (Å²) in [5.41, 5.74) is -0.236. The molecular formula is C14H20ClN3O2. The van der Waals surface area contributed by atoms with E-state index < -0.39 is 5.60 Å². The van der Waals surface area contributed by atoms with Gasteiger partial charge in [0.15, 0.2) is 0 Å². The normalized spacial score (nSPS) is 23.3. The number of hydrogen-bond donors (Lipinski definition) is 2. The lowest BCUT2D eigenvalue weighted by Gasteiger charge is -2.23. The Balaban J connectivity index is 2.18. The van der Waals surface area contributed by atoms with Crippen LogP contribution in [0.1, 0.15) is 36.5 Å². The van der Waals surface area contributed by atoms with Gasteiger partial charge in [-0.3, -0.25) is 4.79 Å². The highest BCUT2D eigenvalue weighted by atomic mass is 35.5. The highest BCUT2D eigenvalue weighted by Crippen LogP contribution is 2.25. The number of halogens is 1. The summed E-state index contributed by atoms with van der Waals surface area (Å²) < 4.78 is 0. The van der Waals surface area contributed by atoms with Crippen molar-refractivity contribution in [1.82, 2.24) is 9.88 Å². The molecule has 0 spiro atoms. The van der Waals surface area contributed by atoms with Gasteiger partial charge in [0, 0.05) is 26.3 Å². The minimum Gasteiger partial charge on any atom is -0.390 e. The molecule has 0 bridgehead atoms. The van der Waals surface area contributed by atoms with Gasteiger partial charge in [-0.15, -0.1) is 0 Å². The number of pyridine rings is 1. The van der Waals surface area contributed by atoms with Gasteiger partial charge in [0.2, 0.25) is 0 Å². The van der Waals surface area contributed by atoms with Crippen LogP contribution >= 0.6 is 11.6 Å². The third-order valence-electron chi connectivity index (χ3n) is 3.69. The van der Waals surface area contributed by atoms with E-state index in [1.165, 1.54) is 6.20 Å². The van der Waals surface area contributed by atoms with Gasteiger partial charge in [0.1, 0.15) is 5.82 Å². The molecule has 1 aromatic rings.